The molecule has 0 atom stereocenters. The van der Waals surface area contributed by atoms with Crippen LogP contribution in [0, 0.1) is 0 Å². The molecule has 3 rings (SSSR count). The summed E-state index contributed by atoms with van der Waals surface area (Å²) in [5, 5.41) is 3.44. The highest BCUT2D eigenvalue weighted by atomic mass is 79.9. The Bertz CT molecular complexity index is 601. The van der Waals surface area contributed by atoms with E-state index >= 15 is 0 Å². The quantitative estimate of drug-likeness (QED) is 0.811. The molecule has 0 fully saturated rings. The summed E-state index contributed by atoms with van der Waals surface area (Å²) in [5.74, 6) is 0.958. The number of anilines is 2. The molecule has 98 valence electrons. The second-order valence-electron chi connectivity index (χ2n) is 4.42. The zero-order valence-electron chi connectivity index (χ0n) is 10.2. The summed E-state index contributed by atoms with van der Waals surface area (Å²) < 4.78 is 1.97. The van der Waals surface area contributed by atoms with E-state index in [9.17, 15) is 0 Å². The number of nitrogens with one attached hydrogen (secondary N) is 1. The Hall–Kier alpha value is -0.910. The van der Waals surface area contributed by atoms with E-state index in [2.05, 4.69) is 71.3 Å². The van der Waals surface area contributed by atoms with Gasteiger partial charge in [0.2, 0.25) is 0 Å². The van der Waals surface area contributed by atoms with Crippen LogP contribution in [-0.2, 0) is 6.54 Å². The number of rotatable bonds is 1. The molecule has 0 bridgehead atoms. The van der Waals surface area contributed by atoms with E-state index in [1.54, 1.807) is 0 Å². The minimum atomic E-state index is 0.904. The molecular weight excluding hydrogens is 370 g/mol. The fourth-order valence-corrected chi connectivity index (χ4v) is 3.49. The Morgan fingerprint density at radius 2 is 2.05 bits per heavy atom. The molecule has 19 heavy (non-hydrogen) atoms. The number of fused-ring (bicyclic) bond motifs is 1. The highest BCUT2D eigenvalue weighted by molar-refractivity contribution is 9.11. The fourth-order valence-electron chi connectivity index (χ4n) is 2.28. The van der Waals surface area contributed by atoms with Gasteiger partial charge in [-0.3, -0.25) is 0 Å². The van der Waals surface area contributed by atoms with Gasteiger partial charge >= 0.3 is 0 Å². The normalized spacial score (nSPS) is 14.9. The van der Waals surface area contributed by atoms with Crippen molar-refractivity contribution in [2.45, 2.75) is 6.54 Å². The number of halogens is 2. The number of hydrogen-bond donors (Lipinski definition) is 1. The van der Waals surface area contributed by atoms with Crippen molar-refractivity contribution in [1.82, 2.24) is 10.3 Å². The van der Waals surface area contributed by atoms with Gasteiger partial charge in [-0.2, -0.15) is 0 Å². The standard InChI is InChI=1S/C14H13Br2N3/c15-11-7-12(16)14(18-9-11)19-6-5-17-8-10-3-1-2-4-13(10)19/h1-4,7,9,17H,5-6,8H2. The molecule has 0 saturated heterocycles. The first-order valence-electron chi connectivity index (χ1n) is 6.13. The summed E-state index contributed by atoms with van der Waals surface area (Å²) in [4.78, 5) is 6.80. The molecule has 2 heterocycles. The molecule has 0 radical (unpaired) electrons. The van der Waals surface area contributed by atoms with Gasteiger partial charge in [-0.1, -0.05) is 18.2 Å². The molecule has 1 aromatic heterocycles. The van der Waals surface area contributed by atoms with Crippen molar-refractivity contribution in [1.29, 1.82) is 0 Å². The Balaban J connectivity index is 2.09. The minimum absolute atomic E-state index is 0.904. The van der Waals surface area contributed by atoms with Gasteiger partial charge in [-0.25, -0.2) is 4.98 Å². The van der Waals surface area contributed by atoms with Crippen molar-refractivity contribution in [2.24, 2.45) is 0 Å². The first-order valence-corrected chi connectivity index (χ1v) is 7.71. The van der Waals surface area contributed by atoms with Gasteiger partial charge < -0.3 is 10.2 Å². The molecule has 1 N–H and O–H groups in total. The summed E-state index contributed by atoms with van der Waals surface area (Å²) >= 11 is 7.05. The van der Waals surface area contributed by atoms with Gasteiger partial charge in [0.1, 0.15) is 5.82 Å². The lowest BCUT2D eigenvalue weighted by atomic mass is 10.1. The molecule has 1 aliphatic rings. The summed E-state index contributed by atoms with van der Waals surface area (Å²) in [7, 11) is 0. The lowest BCUT2D eigenvalue weighted by Crippen LogP contribution is -2.25. The van der Waals surface area contributed by atoms with Crippen LogP contribution in [0.3, 0.4) is 0 Å². The second-order valence-corrected chi connectivity index (χ2v) is 6.19. The second kappa shape index (κ2) is 5.61. The maximum absolute atomic E-state index is 4.55. The van der Waals surface area contributed by atoms with Crippen LogP contribution in [0.25, 0.3) is 0 Å². The molecule has 1 aliphatic heterocycles. The minimum Gasteiger partial charge on any atom is -0.324 e. The highest BCUT2D eigenvalue weighted by Gasteiger charge is 2.19. The van der Waals surface area contributed by atoms with Crippen molar-refractivity contribution in [3.63, 3.8) is 0 Å². The van der Waals surface area contributed by atoms with Crippen LogP contribution < -0.4 is 10.2 Å². The monoisotopic (exact) mass is 381 g/mol. The molecule has 0 amide bonds. The third-order valence-corrected chi connectivity index (χ3v) is 4.17. The number of nitrogens with zero attached hydrogens (tertiary/aromatic N) is 2. The summed E-state index contributed by atoms with van der Waals surface area (Å²) in [6.45, 7) is 2.75. The van der Waals surface area contributed by atoms with E-state index in [0.29, 0.717) is 0 Å². The Morgan fingerprint density at radius 1 is 1.21 bits per heavy atom. The lowest BCUT2D eigenvalue weighted by Gasteiger charge is -2.24. The maximum atomic E-state index is 4.55. The van der Waals surface area contributed by atoms with Crippen molar-refractivity contribution >= 4 is 43.4 Å². The number of para-hydroxylation sites is 1. The topological polar surface area (TPSA) is 28.2 Å². The third kappa shape index (κ3) is 2.68. The molecular formula is C14H13Br2N3. The van der Waals surface area contributed by atoms with E-state index in [0.717, 1.165) is 34.4 Å². The predicted octanol–water partition coefficient (Wildman–Crippen LogP) is 3.85. The van der Waals surface area contributed by atoms with E-state index in [1.807, 2.05) is 12.3 Å². The Labute approximate surface area is 129 Å². The van der Waals surface area contributed by atoms with Gasteiger partial charge in [0, 0.05) is 36.0 Å². The summed E-state index contributed by atoms with van der Waals surface area (Å²) in [6.07, 6.45) is 1.83. The molecule has 0 spiro atoms. The third-order valence-electron chi connectivity index (χ3n) is 3.15. The SMILES string of the molecule is Brc1cnc(N2CCNCc3ccccc32)c(Br)c1. The predicted molar refractivity (Wildman–Crippen MR) is 84.8 cm³/mol. The van der Waals surface area contributed by atoms with Crippen LogP contribution in [-0.4, -0.2) is 18.1 Å². The molecule has 3 nitrogen and oxygen atoms in total. The van der Waals surface area contributed by atoms with Crippen LogP contribution in [0.4, 0.5) is 11.5 Å². The molecule has 0 saturated carbocycles. The molecule has 0 aliphatic carbocycles. The van der Waals surface area contributed by atoms with E-state index in [1.165, 1.54) is 11.3 Å². The molecule has 5 heteroatoms. The molecule has 1 aromatic carbocycles. The van der Waals surface area contributed by atoms with Crippen molar-refractivity contribution in [3.8, 4) is 0 Å². The molecule has 0 unspecified atom stereocenters. The Morgan fingerprint density at radius 3 is 2.89 bits per heavy atom. The van der Waals surface area contributed by atoms with Crippen molar-refractivity contribution < 1.29 is 0 Å². The number of aromatic nitrogens is 1. The van der Waals surface area contributed by atoms with Crippen LogP contribution in [0.5, 0.6) is 0 Å². The highest BCUT2D eigenvalue weighted by Crippen LogP contribution is 2.34. The fraction of sp³-hybridized carbons (Fsp3) is 0.214. The van der Waals surface area contributed by atoms with Crippen LogP contribution in [0.1, 0.15) is 5.56 Å². The Kier molecular flexibility index (Phi) is 3.86. The largest absolute Gasteiger partial charge is 0.324 e. The van der Waals surface area contributed by atoms with Gasteiger partial charge in [0.05, 0.1) is 4.47 Å². The zero-order chi connectivity index (χ0) is 13.2. The zero-order valence-corrected chi connectivity index (χ0v) is 13.4. The van der Waals surface area contributed by atoms with Crippen LogP contribution in [0.2, 0.25) is 0 Å². The van der Waals surface area contributed by atoms with E-state index in [-0.39, 0.29) is 0 Å². The molecule has 2 aromatic rings. The van der Waals surface area contributed by atoms with Crippen LogP contribution in [0.15, 0.2) is 45.5 Å². The van der Waals surface area contributed by atoms with Gasteiger partial charge in [0.25, 0.3) is 0 Å². The van der Waals surface area contributed by atoms with Crippen LogP contribution >= 0.6 is 31.9 Å². The van der Waals surface area contributed by atoms with Gasteiger partial charge in [-0.05, 0) is 49.6 Å². The lowest BCUT2D eigenvalue weighted by molar-refractivity contribution is 0.711. The average molecular weight is 383 g/mol. The number of hydrogen-bond acceptors (Lipinski definition) is 3. The van der Waals surface area contributed by atoms with Gasteiger partial charge in [-0.15, -0.1) is 0 Å². The average Bonchev–Trinajstić information content (AvgIpc) is 2.61. The maximum Gasteiger partial charge on any atom is 0.147 e. The van der Waals surface area contributed by atoms with Crippen molar-refractivity contribution in [2.75, 3.05) is 18.0 Å². The first-order chi connectivity index (χ1) is 9.25. The number of benzene rings is 1. The summed E-state index contributed by atoms with van der Waals surface area (Å²) in [5.41, 5.74) is 2.53. The number of pyridine rings is 1. The summed E-state index contributed by atoms with van der Waals surface area (Å²) in [6, 6.07) is 10.5. The smallest absolute Gasteiger partial charge is 0.147 e. The van der Waals surface area contributed by atoms with E-state index in [4.69, 9.17) is 0 Å². The van der Waals surface area contributed by atoms with E-state index < -0.39 is 0 Å². The first kappa shape index (κ1) is 13.1. The van der Waals surface area contributed by atoms with Gasteiger partial charge in [0.15, 0.2) is 0 Å². The van der Waals surface area contributed by atoms with Crippen molar-refractivity contribution in [3.05, 3.63) is 51.0 Å².